The van der Waals surface area contributed by atoms with Gasteiger partial charge in [0.25, 0.3) is 0 Å². The van der Waals surface area contributed by atoms with Crippen molar-refractivity contribution in [2.45, 2.75) is 46.2 Å². The summed E-state index contributed by atoms with van der Waals surface area (Å²) in [6.45, 7) is 5.31. The van der Waals surface area contributed by atoms with Gasteiger partial charge in [-0.25, -0.2) is 12.8 Å². The molecule has 0 saturated heterocycles. The minimum atomic E-state index is -3.84. The first-order chi connectivity index (χ1) is 15.9. The molecule has 7 nitrogen and oxygen atoms in total. The summed E-state index contributed by atoms with van der Waals surface area (Å²) < 4.78 is 39.4. The van der Waals surface area contributed by atoms with Crippen LogP contribution in [-0.4, -0.2) is 50.5 Å². The third-order valence-corrected chi connectivity index (χ3v) is 6.93. The minimum absolute atomic E-state index is 0.00767. The molecule has 10 heteroatoms. The number of nitrogens with zero attached hydrogens (tertiary/aromatic N) is 2. The van der Waals surface area contributed by atoms with E-state index in [2.05, 4.69) is 5.32 Å². The quantitative estimate of drug-likeness (QED) is 0.464. The lowest BCUT2D eigenvalue weighted by atomic mass is 10.1. The Labute approximate surface area is 205 Å². The average Bonchev–Trinajstić information content (AvgIpc) is 2.77. The molecule has 2 rings (SSSR count). The number of carbonyl (C=O) groups is 2. The summed E-state index contributed by atoms with van der Waals surface area (Å²) >= 11 is 6.18. The Hall–Kier alpha value is -2.65. The number of hydrogen-bond donors (Lipinski definition) is 1. The number of hydrogen-bond acceptors (Lipinski definition) is 4. The maximum atomic E-state index is 13.4. The van der Waals surface area contributed by atoms with Crippen LogP contribution in [0.4, 0.5) is 10.1 Å². The SMILES string of the molecule is CCCCNC(=O)[C@@H](C)N(Cc1ccc(F)cc1)C(=O)CN(c1ccc(C)c(Cl)c1)S(C)(=O)=O. The van der Waals surface area contributed by atoms with E-state index in [0.717, 1.165) is 29.0 Å². The number of rotatable bonds is 11. The standard InChI is InChI=1S/C24H31ClFN3O4S/c1-5-6-13-27-24(31)18(3)28(15-19-8-10-20(26)11-9-19)23(30)16-29(34(4,32)33)21-12-7-17(2)22(25)14-21/h7-12,14,18H,5-6,13,15-16H2,1-4H3,(H,27,31)/t18-/m1/s1. The molecule has 1 N–H and O–H groups in total. The molecule has 0 heterocycles. The summed E-state index contributed by atoms with van der Waals surface area (Å²) in [6, 6.07) is 9.41. The molecular weight excluding hydrogens is 481 g/mol. The van der Waals surface area contributed by atoms with E-state index in [1.54, 1.807) is 26.0 Å². The smallest absolute Gasteiger partial charge is 0.244 e. The number of benzene rings is 2. The predicted molar refractivity (Wildman–Crippen MR) is 133 cm³/mol. The average molecular weight is 512 g/mol. The van der Waals surface area contributed by atoms with Crippen molar-refractivity contribution in [3.63, 3.8) is 0 Å². The van der Waals surface area contributed by atoms with Gasteiger partial charge in [-0.05, 0) is 55.7 Å². The van der Waals surface area contributed by atoms with Crippen LogP contribution in [0.5, 0.6) is 0 Å². The van der Waals surface area contributed by atoms with Crippen LogP contribution in [0.25, 0.3) is 0 Å². The highest BCUT2D eigenvalue weighted by atomic mass is 35.5. The van der Waals surface area contributed by atoms with E-state index < -0.39 is 34.3 Å². The lowest BCUT2D eigenvalue weighted by Crippen LogP contribution is -2.51. The van der Waals surface area contributed by atoms with Crippen molar-refractivity contribution in [3.05, 3.63) is 64.4 Å². The molecule has 0 aromatic heterocycles. The van der Waals surface area contributed by atoms with Crippen molar-refractivity contribution in [1.82, 2.24) is 10.2 Å². The van der Waals surface area contributed by atoms with Gasteiger partial charge >= 0.3 is 0 Å². The Kier molecular flexibility index (Phi) is 9.88. The third-order valence-electron chi connectivity index (χ3n) is 5.39. The fourth-order valence-corrected chi connectivity index (χ4v) is 4.27. The summed E-state index contributed by atoms with van der Waals surface area (Å²) in [7, 11) is -3.84. The largest absolute Gasteiger partial charge is 0.354 e. The van der Waals surface area contributed by atoms with Crippen LogP contribution in [0.1, 0.15) is 37.8 Å². The maximum Gasteiger partial charge on any atom is 0.244 e. The molecule has 0 aliphatic heterocycles. The second-order valence-electron chi connectivity index (χ2n) is 8.17. The van der Waals surface area contributed by atoms with Crippen LogP contribution in [-0.2, 0) is 26.2 Å². The Morgan fingerprint density at radius 1 is 1.15 bits per heavy atom. The van der Waals surface area contributed by atoms with Gasteiger partial charge in [-0.2, -0.15) is 0 Å². The number of halogens is 2. The number of unbranched alkanes of at least 4 members (excludes halogenated alkanes) is 1. The topological polar surface area (TPSA) is 86.8 Å². The minimum Gasteiger partial charge on any atom is -0.354 e. The summed E-state index contributed by atoms with van der Waals surface area (Å²) in [5.41, 5.74) is 1.61. The van der Waals surface area contributed by atoms with Gasteiger partial charge in [-0.3, -0.25) is 13.9 Å². The van der Waals surface area contributed by atoms with Crippen molar-refractivity contribution in [1.29, 1.82) is 0 Å². The lowest BCUT2D eigenvalue weighted by molar-refractivity contribution is -0.139. The van der Waals surface area contributed by atoms with E-state index in [1.807, 2.05) is 6.92 Å². The van der Waals surface area contributed by atoms with Crippen LogP contribution >= 0.6 is 11.6 Å². The maximum absolute atomic E-state index is 13.4. The number of carbonyl (C=O) groups excluding carboxylic acids is 2. The first-order valence-electron chi connectivity index (χ1n) is 11.0. The second-order valence-corrected chi connectivity index (χ2v) is 10.5. The van der Waals surface area contributed by atoms with Crippen LogP contribution in [0.3, 0.4) is 0 Å². The number of sulfonamides is 1. The zero-order valence-corrected chi connectivity index (χ0v) is 21.4. The predicted octanol–water partition coefficient (Wildman–Crippen LogP) is 3.89. The van der Waals surface area contributed by atoms with Crippen LogP contribution < -0.4 is 9.62 Å². The molecule has 0 spiro atoms. The lowest BCUT2D eigenvalue weighted by Gasteiger charge is -2.31. The summed E-state index contributed by atoms with van der Waals surface area (Å²) in [4.78, 5) is 27.4. The van der Waals surface area contributed by atoms with Gasteiger partial charge in [-0.1, -0.05) is 43.1 Å². The summed E-state index contributed by atoms with van der Waals surface area (Å²) in [5, 5.41) is 3.17. The highest BCUT2D eigenvalue weighted by Crippen LogP contribution is 2.25. The third kappa shape index (κ3) is 7.70. The molecule has 0 aliphatic carbocycles. The Morgan fingerprint density at radius 2 is 1.79 bits per heavy atom. The highest BCUT2D eigenvalue weighted by Gasteiger charge is 2.30. The molecule has 1 atom stereocenters. The normalized spacial score (nSPS) is 12.2. The van der Waals surface area contributed by atoms with E-state index in [4.69, 9.17) is 11.6 Å². The van der Waals surface area contributed by atoms with E-state index in [0.29, 0.717) is 17.1 Å². The van der Waals surface area contributed by atoms with Gasteiger partial charge < -0.3 is 10.2 Å². The molecule has 0 fully saturated rings. The molecule has 0 radical (unpaired) electrons. The molecule has 186 valence electrons. The Morgan fingerprint density at radius 3 is 2.35 bits per heavy atom. The van der Waals surface area contributed by atoms with E-state index in [1.165, 1.54) is 35.2 Å². The molecule has 34 heavy (non-hydrogen) atoms. The van der Waals surface area contributed by atoms with Crippen LogP contribution in [0.2, 0.25) is 5.02 Å². The Balaban J connectivity index is 2.35. The second kappa shape index (κ2) is 12.2. The molecule has 2 amide bonds. The fourth-order valence-electron chi connectivity index (χ4n) is 3.26. The van der Waals surface area contributed by atoms with Crippen molar-refractivity contribution in [2.24, 2.45) is 0 Å². The van der Waals surface area contributed by atoms with Gasteiger partial charge in [0, 0.05) is 18.1 Å². The number of anilines is 1. The van der Waals surface area contributed by atoms with E-state index in [9.17, 15) is 22.4 Å². The van der Waals surface area contributed by atoms with Crippen molar-refractivity contribution < 1.29 is 22.4 Å². The van der Waals surface area contributed by atoms with Crippen molar-refractivity contribution in [3.8, 4) is 0 Å². The van der Waals surface area contributed by atoms with Gasteiger partial charge in [-0.15, -0.1) is 0 Å². The fraction of sp³-hybridized carbons (Fsp3) is 0.417. The Bertz CT molecular complexity index is 1110. The van der Waals surface area contributed by atoms with E-state index in [-0.39, 0.29) is 18.1 Å². The van der Waals surface area contributed by atoms with Crippen LogP contribution in [0.15, 0.2) is 42.5 Å². The first-order valence-corrected chi connectivity index (χ1v) is 13.2. The van der Waals surface area contributed by atoms with Gasteiger partial charge in [0.05, 0.1) is 11.9 Å². The van der Waals surface area contributed by atoms with Gasteiger partial charge in [0.2, 0.25) is 21.8 Å². The number of nitrogens with one attached hydrogen (secondary N) is 1. The van der Waals surface area contributed by atoms with Crippen molar-refractivity contribution in [2.75, 3.05) is 23.7 Å². The van der Waals surface area contributed by atoms with Crippen LogP contribution in [0, 0.1) is 12.7 Å². The molecule has 2 aromatic carbocycles. The molecule has 0 unspecified atom stereocenters. The molecular formula is C24H31ClFN3O4S. The summed E-state index contributed by atoms with van der Waals surface area (Å²) in [5.74, 6) is -1.36. The van der Waals surface area contributed by atoms with Gasteiger partial charge in [0.15, 0.2) is 0 Å². The highest BCUT2D eigenvalue weighted by molar-refractivity contribution is 7.92. The zero-order valence-electron chi connectivity index (χ0n) is 19.8. The monoisotopic (exact) mass is 511 g/mol. The van der Waals surface area contributed by atoms with E-state index >= 15 is 0 Å². The number of aryl methyl sites for hydroxylation is 1. The molecule has 0 saturated carbocycles. The first kappa shape index (κ1) is 27.6. The van der Waals surface area contributed by atoms with Gasteiger partial charge in [0.1, 0.15) is 18.4 Å². The number of amides is 2. The molecule has 2 aromatic rings. The molecule has 0 bridgehead atoms. The zero-order chi connectivity index (χ0) is 25.5. The summed E-state index contributed by atoms with van der Waals surface area (Å²) in [6.07, 6.45) is 2.69. The van der Waals surface area contributed by atoms with Crippen molar-refractivity contribution >= 4 is 39.1 Å². The molecule has 0 aliphatic rings.